The molecule has 0 spiro atoms. The van der Waals surface area contributed by atoms with Crippen LogP contribution in [0.15, 0.2) is 0 Å². The summed E-state index contributed by atoms with van der Waals surface area (Å²) in [5, 5.41) is 15.0. The number of anilines is 1. The zero-order chi connectivity index (χ0) is 22.6. The Bertz CT molecular complexity index is 943. The van der Waals surface area contributed by atoms with Crippen molar-refractivity contribution in [2.75, 3.05) is 10.5 Å². The van der Waals surface area contributed by atoms with Gasteiger partial charge >= 0.3 is 0 Å². The molecular formula is C22H35N3O4S2. The fraction of sp³-hybridized carbons (Fsp3) is 0.818. The van der Waals surface area contributed by atoms with Gasteiger partial charge in [0.15, 0.2) is 5.13 Å². The number of hydrogen-bond donors (Lipinski definition) is 3. The average molecular weight is 470 g/mol. The van der Waals surface area contributed by atoms with E-state index in [9.17, 15) is 18.3 Å². The number of aromatic nitrogens is 1. The van der Waals surface area contributed by atoms with Crippen molar-refractivity contribution >= 4 is 32.4 Å². The van der Waals surface area contributed by atoms with Crippen molar-refractivity contribution in [3.05, 3.63) is 10.6 Å². The Kier molecular flexibility index (Phi) is 6.15. The lowest BCUT2D eigenvalue weighted by atomic mass is 9.53. The van der Waals surface area contributed by atoms with Crippen LogP contribution in [-0.2, 0) is 21.2 Å². The fourth-order valence-electron chi connectivity index (χ4n) is 5.80. The molecule has 31 heavy (non-hydrogen) atoms. The molecule has 0 aliphatic heterocycles. The Labute approximate surface area is 189 Å². The summed E-state index contributed by atoms with van der Waals surface area (Å²) in [5.74, 6) is -0.153. The maximum atomic E-state index is 12.6. The molecule has 1 aromatic rings. The summed E-state index contributed by atoms with van der Waals surface area (Å²) >= 11 is 1.43. The number of sulfonamides is 1. The monoisotopic (exact) mass is 469 g/mol. The van der Waals surface area contributed by atoms with Crippen molar-refractivity contribution < 1.29 is 18.3 Å². The third kappa shape index (κ3) is 4.50. The molecule has 0 unspecified atom stereocenters. The van der Waals surface area contributed by atoms with E-state index >= 15 is 0 Å². The highest BCUT2D eigenvalue weighted by molar-refractivity contribution is 7.92. The predicted octanol–water partition coefficient (Wildman–Crippen LogP) is 3.26. The van der Waals surface area contributed by atoms with Crippen LogP contribution < -0.4 is 10.0 Å². The maximum Gasteiger partial charge on any atom is 0.234 e. The van der Waals surface area contributed by atoms with Crippen molar-refractivity contribution in [2.45, 2.75) is 84.3 Å². The van der Waals surface area contributed by atoms with E-state index in [-0.39, 0.29) is 40.7 Å². The quantitative estimate of drug-likeness (QED) is 0.568. The second-order valence-electron chi connectivity index (χ2n) is 10.2. The zero-order valence-corrected chi connectivity index (χ0v) is 20.5. The fourth-order valence-corrected chi connectivity index (χ4v) is 8.41. The third-order valence-electron chi connectivity index (χ3n) is 7.62. The molecule has 9 heteroatoms. The van der Waals surface area contributed by atoms with Crippen LogP contribution >= 0.6 is 11.3 Å². The molecule has 3 N–H and O–H groups in total. The minimum Gasteiger partial charge on any atom is -0.392 e. The number of carbonyl (C=O) groups is 1. The van der Waals surface area contributed by atoms with Crippen LogP contribution in [0.1, 0.15) is 76.3 Å². The summed E-state index contributed by atoms with van der Waals surface area (Å²) in [6.45, 7) is 8.09. The van der Waals surface area contributed by atoms with Gasteiger partial charge in [0.1, 0.15) is 0 Å². The molecule has 2 fully saturated rings. The Morgan fingerprint density at radius 1 is 1.35 bits per heavy atom. The van der Waals surface area contributed by atoms with Crippen LogP contribution in [0.4, 0.5) is 5.13 Å². The van der Waals surface area contributed by atoms with Gasteiger partial charge in [0.25, 0.3) is 0 Å². The number of amides is 1. The number of aliphatic hydroxyl groups is 1. The van der Waals surface area contributed by atoms with Crippen LogP contribution in [0.3, 0.4) is 0 Å². The molecular weight excluding hydrogens is 434 g/mol. The van der Waals surface area contributed by atoms with Gasteiger partial charge in [0, 0.05) is 22.8 Å². The van der Waals surface area contributed by atoms with E-state index in [0.29, 0.717) is 17.6 Å². The molecule has 0 aromatic carbocycles. The third-order valence-corrected chi connectivity index (χ3v) is 10.2. The Hall–Kier alpha value is -1.19. The molecule has 6 atom stereocenters. The molecule has 0 radical (unpaired) electrons. The molecule has 4 rings (SSSR count). The Morgan fingerprint density at radius 3 is 2.71 bits per heavy atom. The number of fused-ring (bicyclic) bond motifs is 2. The topological polar surface area (TPSA) is 108 Å². The number of nitrogens with one attached hydrogen (secondary N) is 2. The normalized spacial score (nSPS) is 33.8. The molecule has 1 heterocycles. The molecule has 3 aliphatic carbocycles. The predicted molar refractivity (Wildman–Crippen MR) is 123 cm³/mol. The van der Waals surface area contributed by atoms with Gasteiger partial charge in [0.05, 0.1) is 17.6 Å². The van der Waals surface area contributed by atoms with Gasteiger partial charge in [-0.25, -0.2) is 13.4 Å². The zero-order valence-electron chi connectivity index (χ0n) is 18.8. The van der Waals surface area contributed by atoms with Gasteiger partial charge in [-0.3, -0.25) is 9.52 Å². The van der Waals surface area contributed by atoms with Crippen LogP contribution in [0.2, 0.25) is 0 Å². The summed E-state index contributed by atoms with van der Waals surface area (Å²) in [7, 11) is -3.38. The molecule has 2 saturated carbocycles. The van der Waals surface area contributed by atoms with Gasteiger partial charge in [0.2, 0.25) is 15.9 Å². The van der Waals surface area contributed by atoms with E-state index in [4.69, 9.17) is 0 Å². The van der Waals surface area contributed by atoms with E-state index < -0.39 is 16.1 Å². The first-order valence-electron chi connectivity index (χ1n) is 11.5. The molecule has 0 bridgehead atoms. The van der Waals surface area contributed by atoms with E-state index in [1.807, 2.05) is 13.8 Å². The van der Waals surface area contributed by atoms with Crippen molar-refractivity contribution in [3.8, 4) is 0 Å². The van der Waals surface area contributed by atoms with Crippen molar-refractivity contribution in [2.24, 2.45) is 23.2 Å². The highest BCUT2D eigenvalue weighted by Crippen LogP contribution is 2.57. The minimum atomic E-state index is -3.38. The van der Waals surface area contributed by atoms with E-state index in [0.717, 1.165) is 42.7 Å². The van der Waals surface area contributed by atoms with Gasteiger partial charge in [-0.2, -0.15) is 0 Å². The van der Waals surface area contributed by atoms with E-state index in [2.05, 4.69) is 28.9 Å². The number of carbonyl (C=O) groups excluding carboxylic acids is 1. The number of aliphatic hydroxyl groups excluding tert-OH is 1. The number of nitrogens with zero attached hydrogens (tertiary/aromatic N) is 1. The van der Waals surface area contributed by atoms with Gasteiger partial charge in [-0.1, -0.05) is 27.7 Å². The maximum absolute atomic E-state index is 12.6. The molecule has 174 valence electrons. The second-order valence-corrected chi connectivity index (χ2v) is 13.1. The first-order valence-corrected chi connectivity index (χ1v) is 14.0. The Balaban J connectivity index is 1.55. The van der Waals surface area contributed by atoms with Crippen molar-refractivity contribution in [1.29, 1.82) is 0 Å². The largest absolute Gasteiger partial charge is 0.392 e. The summed E-state index contributed by atoms with van der Waals surface area (Å²) in [5.41, 5.74) is 0.817. The van der Waals surface area contributed by atoms with Crippen LogP contribution in [-0.4, -0.2) is 42.3 Å². The van der Waals surface area contributed by atoms with Crippen molar-refractivity contribution in [3.63, 3.8) is 0 Å². The van der Waals surface area contributed by atoms with Gasteiger partial charge in [-0.15, -0.1) is 11.3 Å². The molecule has 0 saturated heterocycles. The highest BCUT2D eigenvalue weighted by Gasteiger charge is 2.54. The lowest BCUT2D eigenvalue weighted by Crippen LogP contribution is -2.53. The number of rotatable bonds is 7. The summed E-state index contributed by atoms with van der Waals surface area (Å²) in [4.78, 5) is 18.4. The van der Waals surface area contributed by atoms with Crippen LogP contribution in [0, 0.1) is 23.2 Å². The summed E-state index contributed by atoms with van der Waals surface area (Å²) in [6.07, 6.45) is 4.64. The van der Waals surface area contributed by atoms with Crippen LogP contribution in [0.25, 0.3) is 0 Å². The SMILES string of the molecule is CCCS(=O)(=O)Nc1nc2c(s1)C[C@@]1(C)CC[C@@H]([C@H](C)C(=O)NC3CC3)[C@H](O)[C@H]1[C@@H]2C. The van der Waals surface area contributed by atoms with Crippen molar-refractivity contribution in [1.82, 2.24) is 10.3 Å². The molecule has 7 nitrogen and oxygen atoms in total. The first kappa shape index (κ1) is 23.0. The standard InChI is InChI=1S/C22H35N3O4S2/c1-5-10-31(28,29)25-21-24-18-13(3)17-19(26)15(12(2)20(27)23-14-6-7-14)8-9-22(17,4)11-16(18)30-21/h12-15,17,19,26H,5-11H2,1-4H3,(H,23,27)(H,24,25)/t12-,13-,15-,17+,19-,22+/m0/s1. The minimum absolute atomic E-state index is 0.00266. The Morgan fingerprint density at radius 2 is 2.06 bits per heavy atom. The lowest BCUT2D eigenvalue weighted by molar-refractivity contribution is -0.134. The second kappa shape index (κ2) is 8.30. The lowest BCUT2D eigenvalue weighted by Gasteiger charge is -2.53. The number of thiazole rings is 1. The average Bonchev–Trinajstić information content (AvgIpc) is 3.39. The smallest absolute Gasteiger partial charge is 0.234 e. The highest BCUT2D eigenvalue weighted by atomic mass is 32.2. The summed E-state index contributed by atoms with van der Waals surface area (Å²) in [6, 6.07) is 0.321. The van der Waals surface area contributed by atoms with E-state index in [1.54, 1.807) is 0 Å². The molecule has 1 aromatic heterocycles. The molecule has 1 amide bonds. The summed E-state index contributed by atoms with van der Waals surface area (Å²) < 4.78 is 27.0. The van der Waals surface area contributed by atoms with E-state index in [1.165, 1.54) is 11.3 Å². The van der Waals surface area contributed by atoms with Gasteiger partial charge in [-0.05, 0) is 55.8 Å². The number of hydrogen-bond acceptors (Lipinski definition) is 6. The van der Waals surface area contributed by atoms with Gasteiger partial charge < -0.3 is 10.4 Å². The molecule has 3 aliphatic rings. The van der Waals surface area contributed by atoms with Crippen LogP contribution in [0.5, 0.6) is 0 Å². The first-order chi connectivity index (χ1) is 14.5.